The average Bonchev–Trinajstić information content (AvgIpc) is 3.06. The van der Waals surface area contributed by atoms with Gasteiger partial charge in [0.05, 0.1) is 0 Å². The minimum absolute atomic E-state index is 0.204. The summed E-state index contributed by atoms with van der Waals surface area (Å²) < 4.78 is 0. The number of nitrogens with zero attached hydrogens (tertiary/aromatic N) is 1. The molecule has 2 amide bonds. The van der Waals surface area contributed by atoms with Crippen LogP contribution in [-0.2, 0) is 4.79 Å². The van der Waals surface area contributed by atoms with E-state index in [-0.39, 0.29) is 12.6 Å². The van der Waals surface area contributed by atoms with Crippen molar-refractivity contribution in [1.29, 1.82) is 0 Å². The highest BCUT2D eigenvalue weighted by Crippen LogP contribution is 2.29. The highest BCUT2D eigenvalue weighted by atomic mass is 32.2. The molecule has 0 atom stereocenters. The second kappa shape index (κ2) is 7.42. The van der Waals surface area contributed by atoms with Crippen molar-refractivity contribution in [2.45, 2.75) is 19.3 Å². The zero-order valence-corrected chi connectivity index (χ0v) is 11.0. The van der Waals surface area contributed by atoms with Gasteiger partial charge in [-0.05, 0) is 37.2 Å². The molecule has 0 heterocycles. The van der Waals surface area contributed by atoms with Gasteiger partial charge in [0, 0.05) is 13.1 Å². The van der Waals surface area contributed by atoms with Gasteiger partial charge in [0.1, 0.15) is 6.54 Å². The summed E-state index contributed by atoms with van der Waals surface area (Å²) in [7, 11) is 0. The predicted octanol–water partition coefficient (Wildman–Crippen LogP) is 1.25. The van der Waals surface area contributed by atoms with Gasteiger partial charge in [0.2, 0.25) is 0 Å². The lowest BCUT2D eigenvalue weighted by Gasteiger charge is -2.20. The summed E-state index contributed by atoms with van der Waals surface area (Å²) in [5, 5.41) is 11.5. The van der Waals surface area contributed by atoms with E-state index in [9.17, 15) is 9.59 Å². The molecule has 0 aliphatic heterocycles. The number of hydrogen-bond donors (Lipinski definition) is 2. The lowest BCUT2D eigenvalue weighted by Crippen LogP contribution is -2.44. The van der Waals surface area contributed by atoms with Crippen molar-refractivity contribution in [3.05, 3.63) is 0 Å². The number of carboxylic acids is 1. The monoisotopic (exact) mass is 260 g/mol. The fraction of sp³-hybridized carbons (Fsp3) is 0.818. The maximum absolute atomic E-state index is 11.7. The summed E-state index contributed by atoms with van der Waals surface area (Å²) in [6.45, 7) is 0.978. The van der Waals surface area contributed by atoms with Gasteiger partial charge >= 0.3 is 12.0 Å². The fourth-order valence-corrected chi connectivity index (χ4v) is 1.95. The first-order valence-corrected chi connectivity index (χ1v) is 7.26. The average molecular weight is 260 g/mol. The smallest absolute Gasteiger partial charge is 0.323 e. The van der Waals surface area contributed by atoms with Crippen LogP contribution in [0.15, 0.2) is 0 Å². The van der Waals surface area contributed by atoms with E-state index in [2.05, 4.69) is 5.32 Å². The Morgan fingerprint density at radius 1 is 1.47 bits per heavy atom. The number of aliphatic carboxylic acids is 1. The number of carbonyl (C=O) groups excluding carboxylic acids is 1. The van der Waals surface area contributed by atoms with Gasteiger partial charge in [-0.15, -0.1) is 0 Å². The number of urea groups is 1. The molecule has 5 nitrogen and oxygen atoms in total. The molecule has 0 aromatic heterocycles. The molecule has 0 aromatic rings. The van der Waals surface area contributed by atoms with E-state index in [0.29, 0.717) is 19.0 Å². The van der Waals surface area contributed by atoms with Crippen molar-refractivity contribution in [2.75, 3.05) is 31.6 Å². The van der Waals surface area contributed by atoms with Crippen molar-refractivity contribution >= 4 is 23.8 Å². The van der Waals surface area contributed by atoms with Crippen LogP contribution in [0.25, 0.3) is 0 Å². The van der Waals surface area contributed by atoms with Gasteiger partial charge in [0.15, 0.2) is 0 Å². The Kier molecular flexibility index (Phi) is 6.18. The molecule has 0 spiro atoms. The third-order valence-electron chi connectivity index (χ3n) is 2.59. The number of thioether (sulfide) groups is 1. The Labute approximate surface area is 106 Å². The Balaban J connectivity index is 2.27. The van der Waals surface area contributed by atoms with Gasteiger partial charge in [-0.3, -0.25) is 4.79 Å². The van der Waals surface area contributed by atoms with E-state index >= 15 is 0 Å². The minimum atomic E-state index is -0.954. The van der Waals surface area contributed by atoms with Crippen molar-refractivity contribution in [3.8, 4) is 0 Å². The molecule has 98 valence electrons. The van der Waals surface area contributed by atoms with E-state index in [1.54, 1.807) is 11.8 Å². The van der Waals surface area contributed by atoms with Crippen molar-refractivity contribution in [1.82, 2.24) is 10.2 Å². The second-order valence-electron chi connectivity index (χ2n) is 4.30. The van der Waals surface area contributed by atoms with E-state index in [1.165, 1.54) is 4.90 Å². The largest absolute Gasteiger partial charge is 0.480 e. The summed E-state index contributed by atoms with van der Waals surface area (Å²) in [5.74, 6) is 0.554. The topological polar surface area (TPSA) is 69.6 Å². The molecular formula is C11H20N2O3S. The molecule has 1 aliphatic carbocycles. The van der Waals surface area contributed by atoms with E-state index in [4.69, 9.17) is 5.11 Å². The van der Waals surface area contributed by atoms with Crippen LogP contribution in [0.2, 0.25) is 0 Å². The summed E-state index contributed by atoms with van der Waals surface area (Å²) in [4.78, 5) is 23.8. The molecule has 0 aromatic carbocycles. The third kappa shape index (κ3) is 6.41. The van der Waals surface area contributed by atoms with Gasteiger partial charge in [-0.1, -0.05) is 0 Å². The normalized spacial score (nSPS) is 14.4. The van der Waals surface area contributed by atoms with Crippen LogP contribution >= 0.6 is 11.8 Å². The number of amides is 2. The number of nitrogens with one attached hydrogen (secondary N) is 1. The Bertz CT molecular complexity index is 269. The summed E-state index contributed by atoms with van der Waals surface area (Å²) >= 11 is 1.73. The lowest BCUT2D eigenvalue weighted by atomic mass is 10.3. The molecule has 1 saturated carbocycles. The molecule has 0 radical (unpaired) electrons. The zero-order valence-electron chi connectivity index (χ0n) is 10.1. The number of carboxylic acid groups (broad SMARTS) is 1. The highest BCUT2D eigenvalue weighted by molar-refractivity contribution is 7.98. The molecule has 17 heavy (non-hydrogen) atoms. The maximum atomic E-state index is 11.7. The lowest BCUT2D eigenvalue weighted by molar-refractivity contribution is -0.137. The van der Waals surface area contributed by atoms with Crippen LogP contribution in [0.4, 0.5) is 4.79 Å². The zero-order chi connectivity index (χ0) is 12.7. The summed E-state index contributed by atoms with van der Waals surface area (Å²) in [6.07, 6.45) is 5.15. The second-order valence-corrected chi connectivity index (χ2v) is 5.28. The SMILES string of the molecule is CSCCCNC(=O)N(CC(=O)O)CC1CC1. The molecule has 2 N–H and O–H groups in total. The molecule has 6 heteroatoms. The fourth-order valence-electron chi connectivity index (χ4n) is 1.52. The maximum Gasteiger partial charge on any atom is 0.323 e. The Hall–Kier alpha value is -0.910. The third-order valence-corrected chi connectivity index (χ3v) is 3.29. The number of carbonyl (C=O) groups is 2. The molecule has 1 aliphatic rings. The van der Waals surface area contributed by atoms with E-state index in [1.807, 2.05) is 6.26 Å². The highest BCUT2D eigenvalue weighted by Gasteiger charge is 2.27. The summed E-state index contributed by atoms with van der Waals surface area (Å²) in [5.41, 5.74) is 0. The van der Waals surface area contributed by atoms with Crippen molar-refractivity contribution < 1.29 is 14.7 Å². The first-order valence-electron chi connectivity index (χ1n) is 5.87. The number of hydrogen-bond acceptors (Lipinski definition) is 3. The molecule has 0 saturated heterocycles. The van der Waals surface area contributed by atoms with Crippen LogP contribution in [0.3, 0.4) is 0 Å². The number of rotatable bonds is 8. The van der Waals surface area contributed by atoms with Gasteiger partial charge < -0.3 is 15.3 Å². The van der Waals surface area contributed by atoms with Crippen LogP contribution in [-0.4, -0.2) is 53.6 Å². The molecular weight excluding hydrogens is 240 g/mol. The van der Waals surface area contributed by atoms with Gasteiger partial charge in [-0.25, -0.2) is 4.79 Å². The van der Waals surface area contributed by atoms with Crippen LogP contribution in [0.5, 0.6) is 0 Å². The molecule has 0 bridgehead atoms. The standard InChI is InChI=1S/C11H20N2O3S/c1-17-6-2-5-12-11(16)13(8-10(14)15)7-9-3-4-9/h9H,2-8H2,1H3,(H,12,16)(H,14,15). The van der Waals surface area contributed by atoms with Crippen LogP contribution < -0.4 is 5.32 Å². The van der Waals surface area contributed by atoms with Crippen LogP contribution in [0, 0.1) is 5.92 Å². The van der Waals surface area contributed by atoms with Gasteiger partial charge in [0.25, 0.3) is 0 Å². The Morgan fingerprint density at radius 2 is 2.18 bits per heavy atom. The molecule has 0 unspecified atom stereocenters. The van der Waals surface area contributed by atoms with Crippen molar-refractivity contribution in [3.63, 3.8) is 0 Å². The van der Waals surface area contributed by atoms with Crippen LogP contribution in [0.1, 0.15) is 19.3 Å². The minimum Gasteiger partial charge on any atom is -0.480 e. The first-order chi connectivity index (χ1) is 8.13. The first kappa shape index (κ1) is 14.2. The summed E-state index contributed by atoms with van der Waals surface area (Å²) in [6, 6.07) is -0.250. The molecule has 1 rings (SSSR count). The quantitative estimate of drug-likeness (QED) is 0.644. The predicted molar refractivity (Wildman–Crippen MR) is 68.3 cm³/mol. The van der Waals surface area contributed by atoms with E-state index < -0.39 is 5.97 Å². The Morgan fingerprint density at radius 3 is 2.71 bits per heavy atom. The molecule has 1 fully saturated rings. The van der Waals surface area contributed by atoms with E-state index in [0.717, 1.165) is 25.0 Å². The van der Waals surface area contributed by atoms with Crippen molar-refractivity contribution in [2.24, 2.45) is 5.92 Å². The van der Waals surface area contributed by atoms with Gasteiger partial charge in [-0.2, -0.15) is 11.8 Å².